The van der Waals surface area contributed by atoms with E-state index in [4.69, 9.17) is 28.4 Å². The molecule has 3 N–H and O–H groups in total. The molecule has 1 aromatic heterocycles. The third-order valence-electron chi connectivity index (χ3n) is 12.9. The number of hydrogen-bond donors (Lipinski definition) is 3. The molecule has 0 radical (unpaired) electrons. The number of aliphatic hydroxyl groups excluding tert-OH is 1. The van der Waals surface area contributed by atoms with Crippen LogP contribution < -0.4 is 10.6 Å². The summed E-state index contributed by atoms with van der Waals surface area (Å²) in [7, 11) is 5.55. The van der Waals surface area contributed by atoms with Gasteiger partial charge in [-0.25, -0.2) is 9.59 Å². The van der Waals surface area contributed by atoms with Crippen molar-refractivity contribution in [3.8, 4) is 11.3 Å². The van der Waals surface area contributed by atoms with Gasteiger partial charge in [-0.2, -0.15) is 5.10 Å². The monoisotopic (exact) mass is 881 g/mol. The minimum absolute atomic E-state index is 0.0653. The molecule has 3 aliphatic rings. The topological polar surface area (TPSA) is 206 Å². The second kappa shape index (κ2) is 20.3. The van der Waals surface area contributed by atoms with Crippen LogP contribution in [0.25, 0.3) is 17.3 Å². The van der Waals surface area contributed by atoms with E-state index in [0.717, 1.165) is 16.8 Å². The molecule has 3 aliphatic heterocycles. The molecule has 63 heavy (non-hydrogen) atoms. The number of nitrogens with one attached hydrogen (secondary N) is 2. The molecule has 17 nitrogen and oxygen atoms in total. The van der Waals surface area contributed by atoms with E-state index in [1.54, 1.807) is 52.3 Å². The van der Waals surface area contributed by atoms with Crippen LogP contribution in [-0.2, 0) is 49.9 Å². The van der Waals surface area contributed by atoms with Gasteiger partial charge in [0.15, 0.2) is 18.0 Å². The number of Topliss-reactive ketones (excluding diaryl/α,β-unsaturated/α-hetero) is 1. The van der Waals surface area contributed by atoms with Crippen LogP contribution in [0.3, 0.4) is 0 Å². The summed E-state index contributed by atoms with van der Waals surface area (Å²) in [6, 6.07) is 8.46. The van der Waals surface area contributed by atoms with Crippen molar-refractivity contribution in [3.05, 3.63) is 48.2 Å². The lowest BCUT2D eigenvalue weighted by Crippen LogP contribution is -2.61. The predicted octanol–water partition coefficient (Wildman–Crippen LogP) is 5.03. The molecule has 4 heterocycles. The number of esters is 2. The van der Waals surface area contributed by atoms with Crippen molar-refractivity contribution in [3.63, 3.8) is 0 Å². The normalized spacial score (nSPS) is 35.6. The number of amides is 2. The SMILES string of the molecule is CC[C@H]1OC(=O)[C@H](C)[C@@H](O)[C@H](C)[C@@H](O[C@@H]2O[C@H](C)C[C@H](N(C)C)[C@H]2OC(C)=O)[C@](C)(OC(=O)NCC=Cc2ccc(-c3ccn(C)n3)cc2)C[C@@H](C)C(=O)[C@H](C)[C@H]2NC(=O)O[C@@]21C. The van der Waals surface area contributed by atoms with Crippen LogP contribution in [0.1, 0.15) is 87.1 Å². The lowest BCUT2D eigenvalue weighted by atomic mass is 9.73. The second-order valence-corrected chi connectivity index (χ2v) is 18.2. The van der Waals surface area contributed by atoms with Gasteiger partial charge in [-0.05, 0) is 72.7 Å². The Morgan fingerprint density at radius 1 is 1.06 bits per heavy atom. The molecule has 0 unspecified atom stereocenters. The average Bonchev–Trinajstić information content (AvgIpc) is 3.80. The molecular formula is C46H67N5O12. The third-order valence-corrected chi connectivity index (χ3v) is 12.9. The van der Waals surface area contributed by atoms with Crippen molar-refractivity contribution in [1.82, 2.24) is 25.3 Å². The van der Waals surface area contributed by atoms with Gasteiger partial charge >= 0.3 is 24.1 Å². The van der Waals surface area contributed by atoms with E-state index in [9.17, 15) is 29.1 Å². The zero-order valence-corrected chi connectivity index (χ0v) is 38.7. The number of aromatic nitrogens is 2. The number of hydrogen-bond acceptors (Lipinski definition) is 14. The van der Waals surface area contributed by atoms with Gasteiger partial charge in [-0.15, -0.1) is 0 Å². The van der Waals surface area contributed by atoms with E-state index < -0.39 is 95.7 Å². The molecule has 17 heteroatoms. The molecule has 0 aliphatic carbocycles. The Kier molecular flexibility index (Phi) is 15.9. The summed E-state index contributed by atoms with van der Waals surface area (Å²) in [5, 5.41) is 22.1. The van der Waals surface area contributed by atoms with Gasteiger partial charge in [0, 0.05) is 50.0 Å². The number of fused-ring (bicyclic) bond motifs is 1. The third kappa shape index (κ3) is 11.3. The molecule has 348 valence electrons. The first kappa shape index (κ1) is 49.2. The van der Waals surface area contributed by atoms with E-state index in [1.807, 2.05) is 75.6 Å². The highest BCUT2D eigenvalue weighted by atomic mass is 16.7. The van der Waals surface area contributed by atoms with Crippen LogP contribution in [0.2, 0.25) is 0 Å². The standard InChI is InChI=1S/C46H67N5O12/c1-13-35-46(9)39(48-44(57)63-46)27(4)36(53)25(2)24-45(8,62-43(56)47-21-14-15-31-16-18-32(19-17-31)33-20-22-51(12)49-33)40(28(5)37(54)29(6)41(55)60-35)61-42-38(59-30(7)52)34(50(10)11)23-26(3)58-42/h14-20,22,25-29,34-35,37-40,42,54H,13,21,23-24H2,1-12H3,(H,47,56)(H,48,57)/t25-,26-,27+,28+,29-,34+,35-,37+,38-,39-,40-,42+,45-,46-/m1/s1. The van der Waals surface area contributed by atoms with Gasteiger partial charge in [-0.1, -0.05) is 64.1 Å². The molecule has 2 aromatic rings. The van der Waals surface area contributed by atoms with E-state index in [0.29, 0.717) is 6.42 Å². The Morgan fingerprint density at radius 3 is 2.35 bits per heavy atom. The van der Waals surface area contributed by atoms with E-state index >= 15 is 0 Å². The minimum atomic E-state index is -1.72. The van der Waals surface area contributed by atoms with E-state index in [2.05, 4.69) is 15.7 Å². The fraction of sp³-hybridized carbons (Fsp3) is 0.652. The lowest BCUT2D eigenvalue weighted by Gasteiger charge is -2.48. The molecule has 2 amide bonds. The van der Waals surface area contributed by atoms with Crippen LogP contribution in [0, 0.1) is 23.7 Å². The number of nitrogens with zero attached hydrogens (tertiary/aromatic N) is 3. The first-order valence-corrected chi connectivity index (χ1v) is 21.9. The fourth-order valence-corrected chi connectivity index (χ4v) is 9.46. The van der Waals surface area contributed by atoms with Crippen LogP contribution in [0.15, 0.2) is 42.6 Å². The number of rotatable bonds is 10. The molecule has 3 fully saturated rings. The Morgan fingerprint density at radius 2 is 1.75 bits per heavy atom. The van der Waals surface area contributed by atoms with Crippen LogP contribution in [0.4, 0.5) is 9.59 Å². The summed E-state index contributed by atoms with van der Waals surface area (Å²) in [6.45, 7) is 14.7. The number of likely N-dealkylation sites (N-methyl/N-ethyl adjacent to an activating group) is 1. The number of carbonyl (C=O) groups excluding carboxylic acids is 5. The van der Waals surface area contributed by atoms with Crippen LogP contribution in [-0.4, -0.2) is 130 Å². The minimum Gasteiger partial charge on any atom is -0.458 e. The summed E-state index contributed by atoms with van der Waals surface area (Å²) in [5.41, 5.74) is -0.458. The van der Waals surface area contributed by atoms with Crippen LogP contribution in [0.5, 0.6) is 0 Å². The molecule has 0 spiro atoms. The Bertz CT molecular complexity index is 1970. The zero-order valence-electron chi connectivity index (χ0n) is 38.7. The predicted molar refractivity (Wildman–Crippen MR) is 232 cm³/mol. The summed E-state index contributed by atoms with van der Waals surface area (Å²) in [4.78, 5) is 69.8. The maximum Gasteiger partial charge on any atom is 0.408 e. The zero-order chi connectivity index (χ0) is 46.6. The van der Waals surface area contributed by atoms with E-state index in [-0.39, 0.29) is 37.3 Å². The van der Waals surface area contributed by atoms with Crippen LogP contribution >= 0.6 is 0 Å². The highest BCUT2D eigenvalue weighted by molar-refractivity contribution is 5.85. The second-order valence-electron chi connectivity index (χ2n) is 18.2. The maximum atomic E-state index is 14.6. The van der Waals surface area contributed by atoms with Gasteiger partial charge < -0.3 is 49.1 Å². The highest BCUT2D eigenvalue weighted by Crippen LogP contribution is 2.41. The van der Waals surface area contributed by atoms with Crippen molar-refractivity contribution < 1.29 is 57.5 Å². The molecule has 0 saturated carbocycles. The summed E-state index contributed by atoms with van der Waals surface area (Å²) < 4.78 is 38.9. The quantitative estimate of drug-likeness (QED) is 0.212. The van der Waals surface area contributed by atoms with Gasteiger partial charge in [0.1, 0.15) is 23.6 Å². The average molecular weight is 882 g/mol. The number of alkyl carbamates (subject to hydrolysis) is 2. The number of aliphatic hydroxyl groups is 1. The molecule has 3 saturated heterocycles. The summed E-state index contributed by atoms with van der Waals surface area (Å²) in [5.74, 6) is -5.51. The Hall–Kier alpha value is -4.84. The Labute approximate surface area is 370 Å². The van der Waals surface area contributed by atoms with Crippen molar-refractivity contribution in [1.29, 1.82) is 0 Å². The lowest BCUT2D eigenvalue weighted by molar-refractivity contribution is -0.300. The Balaban J connectivity index is 1.51. The van der Waals surface area contributed by atoms with Gasteiger partial charge in [0.2, 0.25) is 0 Å². The molecule has 5 rings (SSSR count). The summed E-state index contributed by atoms with van der Waals surface area (Å²) in [6.07, 6.45) is -1.81. The van der Waals surface area contributed by atoms with Crippen molar-refractivity contribution in [2.45, 2.75) is 142 Å². The molecular weight excluding hydrogens is 815 g/mol. The smallest absolute Gasteiger partial charge is 0.408 e. The maximum absolute atomic E-state index is 14.6. The highest BCUT2D eigenvalue weighted by Gasteiger charge is 2.58. The van der Waals surface area contributed by atoms with Crippen molar-refractivity contribution in [2.75, 3.05) is 20.6 Å². The molecule has 14 atom stereocenters. The largest absolute Gasteiger partial charge is 0.458 e. The van der Waals surface area contributed by atoms with Gasteiger partial charge in [0.25, 0.3) is 0 Å². The molecule has 0 bridgehead atoms. The van der Waals surface area contributed by atoms with Crippen molar-refractivity contribution >= 4 is 36.0 Å². The first-order chi connectivity index (χ1) is 29.6. The number of benzene rings is 1. The number of ether oxygens (including phenoxy) is 6. The summed E-state index contributed by atoms with van der Waals surface area (Å²) >= 11 is 0. The van der Waals surface area contributed by atoms with Gasteiger partial charge in [-0.3, -0.25) is 19.1 Å². The fourth-order valence-electron chi connectivity index (χ4n) is 9.46. The number of carbonyl (C=O) groups is 5. The number of ketones is 1. The molecule has 1 aromatic carbocycles. The van der Waals surface area contributed by atoms with E-state index in [1.165, 1.54) is 13.8 Å². The van der Waals surface area contributed by atoms with Crippen molar-refractivity contribution in [2.24, 2.45) is 30.7 Å². The van der Waals surface area contributed by atoms with Gasteiger partial charge in [0.05, 0.1) is 35.9 Å². The first-order valence-electron chi connectivity index (χ1n) is 21.9. The number of aryl methyl sites for hydroxylation is 1. The number of cyclic esters (lactones) is 1.